The summed E-state index contributed by atoms with van der Waals surface area (Å²) < 4.78 is 26.9. The van der Waals surface area contributed by atoms with Gasteiger partial charge in [-0.15, -0.1) is 0 Å². The lowest BCUT2D eigenvalue weighted by atomic mass is 10.0. The minimum atomic E-state index is -3.59. The molecule has 0 spiro atoms. The molecule has 5 nitrogen and oxygen atoms in total. The van der Waals surface area contributed by atoms with Crippen molar-refractivity contribution < 1.29 is 13.2 Å². The van der Waals surface area contributed by atoms with E-state index in [1.807, 2.05) is 30.3 Å². The SMILES string of the molecule is CN1C(=O)CCc2cc(NS(=O)(=O)/C=C\c3ccccc3)ccc21. The van der Waals surface area contributed by atoms with E-state index in [1.165, 1.54) is 0 Å². The number of benzene rings is 2. The molecule has 24 heavy (non-hydrogen) atoms. The third kappa shape index (κ3) is 3.65. The van der Waals surface area contributed by atoms with Gasteiger partial charge >= 0.3 is 0 Å². The molecular weight excluding hydrogens is 324 g/mol. The fourth-order valence-electron chi connectivity index (χ4n) is 2.65. The predicted octanol–water partition coefficient (Wildman–Crippen LogP) is 3.01. The van der Waals surface area contributed by atoms with Crippen LogP contribution in [-0.4, -0.2) is 21.4 Å². The first-order valence-electron chi connectivity index (χ1n) is 7.60. The molecule has 0 fully saturated rings. The van der Waals surface area contributed by atoms with Crippen LogP contribution in [0.3, 0.4) is 0 Å². The van der Waals surface area contributed by atoms with Gasteiger partial charge in [-0.2, -0.15) is 0 Å². The number of hydrogen-bond donors (Lipinski definition) is 1. The second-order valence-corrected chi connectivity index (χ2v) is 7.22. The lowest BCUT2D eigenvalue weighted by Crippen LogP contribution is -2.31. The highest BCUT2D eigenvalue weighted by Gasteiger charge is 2.21. The van der Waals surface area contributed by atoms with Crippen molar-refractivity contribution >= 4 is 33.4 Å². The molecule has 6 heteroatoms. The van der Waals surface area contributed by atoms with E-state index in [-0.39, 0.29) is 5.91 Å². The molecule has 0 radical (unpaired) electrons. The Morgan fingerprint density at radius 1 is 1.08 bits per heavy atom. The summed E-state index contributed by atoms with van der Waals surface area (Å²) in [6.07, 6.45) is 2.61. The summed E-state index contributed by atoms with van der Waals surface area (Å²) in [5.74, 6) is 0.0709. The number of carbonyl (C=O) groups is 1. The number of nitrogens with one attached hydrogen (secondary N) is 1. The number of rotatable bonds is 4. The van der Waals surface area contributed by atoms with E-state index in [9.17, 15) is 13.2 Å². The van der Waals surface area contributed by atoms with Gasteiger partial charge in [0.2, 0.25) is 5.91 Å². The molecular formula is C18H18N2O3S. The Balaban J connectivity index is 1.78. The molecule has 1 heterocycles. The van der Waals surface area contributed by atoms with Crippen LogP contribution in [0.15, 0.2) is 53.9 Å². The Bertz CT molecular complexity index is 890. The highest BCUT2D eigenvalue weighted by molar-refractivity contribution is 7.95. The molecule has 124 valence electrons. The van der Waals surface area contributed by atoms with Gasteiger partial charge in [0, 0.05) is 24.8 Å². The normalized spacial score (nSPS) is 14.7. The summed E-state index contributed by atoms with van der Waals surface area (Å²) in [6, 6.07) is 14.5. The minimum absolute atomic E-state index is 0.0709. The van der Waals surface area contributed by atoms with E-state index in [2.05, 4.69) is 4.72 Å². The van der Waals surface area contributed by atoms with Crippen molar-refractivity contribution in [3.63, 3.8) is 0 Å². The van der Waals surface area contributed by atoms with Crippen LogP contribution in [0.2, 0.25) is 0 Å². The number of fused-ring (bicyclic) bond motifs is 1. The van der Waals surface area contributed by atoms with Crippen LogP contribution in [0.5, 0.6) is 0 Å². The van der Waals surface area contributed by atoms with Gasteiger partial charge in [0.15, 0.2) is 0 Å². The number of hydrogen-bond acceptors (Lipinski definition) is 3. The summed E-state index contributed by atoms with van der Waals surface area (Å²) in [6.45, 7) is 0. The Kier molecular flexibility index (Phi) is 4.40. The molecule has 0 atom stereocenters. The maximum atomic E-state index is 12.2. The van der Waals surface area contributed by atoms with Gasteiger partial charge < -0.3 is 4.90 Å². The lowest BCUT2D eigenvalue weighted by molar-refractivity contribution is -0.118. The van der Waals surface area contributed by atoms with Crippen LogP contribution < -0.4 is 9.62 Å². The highest BCUT2D eigenvalue weighted by atomic mass is 32.2. The summed E-state index contributed by atoms with van der Waals surface area (Å²) >= 11 is 0. The number of carbonyl (C=O) groups excluding carboxylic acids is 1. The topological polar surface area (TPSA) is 66.5 Å². The van der Waals surface area contributed by atoms with Crippen molar-refractivity contribution in [2.45, 2.75) is 12.8 Å². The fraction of sp³-hybridized carbons (Fsp3) is 0.167. The summed E-state index contributed by atoms with van der Waals surface area (Å²) in [5.41, 5.74) is 3.10. The van der Waals surface area contributed by atoms with Gasteiger partial charge in [0.1, 0.15) is 0 Å². The molecule has 0 saturated heterocycles. The molecule has 0 bridgehead atoms. The lowest BCUT2D eigenvalue weighted by Gasteiger charge is -2.26. The van der Waals surface area contributed by atoms with Crippen molar-refractivity contribution in [3.8, 4) is 0 Å². The maximum Gasteiger partial charge on any atom is 0.255 e. The molecule has 1 aliphatic heterocycles. The molecule has 3 rings (SSSR count). The van der Waals surface area contributed by atoms with Gasteiger partial charge in [0.25, 0.3) is 10.0 Å². The van der Waals surface area contributed by atoms with Gasteiger partial charge in [-0.3, -0.25) is 9.52 Å². The van der Waals surface area contributed by atoms with E-state index < -0.39 is 10.0 Å². The number of sulfonamides is 1. The highest BCUT2D eigenvalue weighted by Crippen LogP contribution is 2.29. The van der Waals surface area contributed by atoms with Crippen molar-refractivity contribution in [2.75, 3.05) is 16.7 Å². The molecule has 1 N–H and O–H groups in total. The first-order valence-corrected chi connectivity index (χ1v) is 9.15. The fourth-order valence-corrected chi connectivity index (χ4v) is 3.51. The van der Waals surface area contributed by atoms with Crippen LogP contribution in [0.25, 0.3) is 6.08 Å². The average Bonchev–Trinajstić information content (AvgIpc) is 2.57. The first-order chi connectivity index (χ1) is 11.4. The summed E-state index contributed by atoms with van der Waals surface area (Å²) in [4.78, 5) is 13.3. The zero-order valence-electron chi connectivity index (χ0n) is 13.3. The van der Waals surface area contributed by atoms with Crippen molar-refractivity contribution in [3.05, 3.63) is 65.1 Å². The standard InChI is InChI=1S/C18H18N2O3S/c1-20-17-9-8-16(13-15(17)7-10-18(20)21)19-24(22,23)12-11-14-5-3-2-4-6-14/h2-6,8-9,11-13,19H,7,10H2,1H3/b12-11-. The zero-order chi connectivity index (χ0) is 17.2. The minimum Gasteiger partial charge on any atom is -0.315 e. The zero-order valence-corrected chi connectivity index (χ0v) is 14.1. The molecule has 0 aromatic heterocycles. The number of aryl methyl sites for hydroxylation is 1. The summed E-state index contributed by atoms with van der Waals surface area (Å²) in [5, 5.41) is 1.15. The van der Waals surface area contributed by atoms with Crippen LogP contribution in [0.4, 0.5) is 11.4 Å². The van der Waals surface area contributed by atoms with E-state index in [0.29, 0.717) is 18.5 Å². The Morgan fingerprint density at radius 3 is 2.58 bits per heavy atom. The third-order valence-electron chi connectivity index (χ3n) is 3.92. The van der Waals surface area contributed by atoms with Gasteiger partial charge in [-0.05, 0) is 41.8 Å². The molecule has 1 amide bonds. The molecule has 1 aliphatic rings. The largest absolute Gasteiger partial charge is 0.315 e. The smallest absolute Gasteiger partial charge is 0.255 e. The van der Waals surface area contributed by atoms with Gasteiger partial charge in [-0.1, -0.05) is 30.3 Å². The maximum absolute atomic E-state index is 12.2. The van der Waals surface area contributed by atoms with Crippen molar-refractivity contribution in [1.82, 2.24) is 0 Å². The molecule has 2 aromatic carbocycles. The van der Waals surface area contributed by atoms with E-state index in [0.717, 1.165) is 22.2 Å². The predicted molar refractivity (Wildman–Crippen MR) is 96.2 cm³/mol. The van der Waals surface area contributed by atoms with Crippen LogP contribution in [0.1, 0.15) is 17.5 Å². The summed E-state index contributed by atoms with van der Waals surface area (Å²) in [7, 11) is -1.87. The Morgan fingerprint density at radius 2 is 1.83 bits per heavy atom. The molecule has 0 aliphatic carbocycles. The van der Waals surface area contributed by atoms with E-state index in [4.69, 9.17) is 0 Å². The average molecular weight is 342 g/mol. The molecule has 0 unspecified atom stereocenters. The number of anilines is 2. The van der Waals surface area contributed by atoms with Crippen LogP contribution in [0, 0.1) is 0 Å². The first kappa shape index (κ1) is 16.3. The van der Waals surface area contributed by atoms with E-state index in [1.54, 1.807) is 36.2 Å². The van der Waals surface area contributed by atoms with Crippen molar-refractivity contribution in [1.29, 1.82) is 0 Å². The van der Waals surface area contributed by atoms with Crippen LogP contribution in [-0.2, 0) is 21.2 Å². The Hall–Kier alpha value is -2.60. The quantitative estimate of drug-likeness (QED) is 0.929. The van der Waals surface area contributed by atoms with Crippen LogP contribution >= 0.6 is 0 Å². The Labute approximate surface area is 141 Å². The van der Waals surface area contributed by atoms with E-state index >= 15 is 0 Å². The van der Waals surface area contributed by atoms with Gasteiger partial charge in [-0.25, -0.2) is 8.42 Å². The number of nitrogens with zero attached hydrogens (tertiary/aromatic N) is 1. The second-order valence-electron chi connectivity index (χ2n) is 5.66. The monoisotopic (exact) mass is 342 g/mol. The van der Waals surface area contributed by atoms with Crippen molar-refractivity contribution in [2.24, 2.45) is 0 Å². The molecule has 0 saturated carbocycles. The third-order valence-corrected chi connectivity index (χ3v) is 4.94. The van der Waals surface area contributed by atoms with Gasteiger partial charge in [0.05, 0.1) is 5.41 Å². The number of amides is 1. The molecule has 2 aromatic rings. The second kappa shape index (κ2) is 6.49.